The molecule has 0 spiro atoms. The first-order chi connectivity index (χ1) is 7.59. The molecule has 0 fully saturated rings. The number of rotatable bonds is 3. The van der Waals surface area contributed by atoms with Crippen LogP contribution in [0, 0.1) is 0 Å². The highest BCUT2D eigenvalue weighted by atomic mass is 14.0. The van der Waals surface area contributed by atoms with Gasteiger partial charge in [0.25, 0.3) is 0 Å². The Bertz CT molecular complexity index is 409. The molecule has 84 valence electrons. The normalized spacial score (nSPS) is 17.1. The van der Waals surface area contributed by atoms with E-state index in [1.165, 1.54) is 16.7 Å². The summed E-state index contributed by atoms with van der Waals surface area (Å²) in [5, 5.41) is 0. The minimum absolute atomic E-state index is 1.05. The van der Waals surface area contributed by atoms with Gasteiger partial charge in [-0.1, -0.05) is 60.3 Å². The smallest absolute Gasteiger partial charge is 0.0135 e. The standard InChI is InChI=1S/C16H20/c1-13(2)7-5-9-15(4)16-10-6-8-14(3)11-12-16/h5-7,9-12H,1,8H2,2-4H3/b7-5-,15-9+. The van der Waals surface area contributed by atoms with Crippen LogP contribution in [0.4, 0.5) is 0 Å². The van der Waals surface area contributed by atoms with Gasteiger partial charge in [0.15, 0.2) is 0 Å². The molecule has 0 aromatic heterocycles. The molecule has 0 atom stereocenters. The van der Waals surface area contributed by atoms with E-state index in [4.69, 9.17) is 0 Å². The van der Waals surface area contributed by atoms with Gasteiger partial charge >= 0.3 is 0 Å². The zero-order valence-corrected chi connectivity index (χ0v) is 10.5. The van der Waals surface area contributed by atoms with Crippen molar-refractivity contribution >= 4 is 0 Å². The fraction of sp³-hybridized carbons (Fsp3) is 0.250. The van der Waals surface area contributed by atoms with Gasteiger partial charge < -0.3 is 0 Å². The van der Waals surface area contributed by atoms with E-state index in [2.05, 4.69) is 50.8 Å². The van der Waals surface area contributed by atoms with Crippen molar-refractivity contribution in [2.24, 2.45) is 0 Å². The van der Waals surface area contributed by atoms with Crippen LogP contribution >= 0.6 is 0 Å². The van der Waals surface area contributed by atoms with Crippen LogP contribution in [-0.2, 0) is 0 Å². The molecule has 0 saturated heterocycles. The predicted molar refractivity (Wildman–Crippen MR) is 73.3 cm³/mol. The van der Waals surface area contributed by atoms with Crippen molar-refractivity contribution in [3.05, 3.63) is 71.4 Å². The lowest BCUT2D eigenvalue weighted by Gasteiger charge is -1.99. The maximum Gasteiger partial charge on any atom is -0.0135 e. The van der Waals surface area contributed by atoms with E-state index in [9.17, 15) is 0 Å². The van der Waals surface area contributed by atoms with Crippen LogP contribution in [0.15, 0.2) is 71.4 Å². The monoisotopic (exact) mass is 212 g/mol. The van der Waals surface area contributed by atoms with Gasteiger partial charge in [-0.2, -0.15) is 0 Å². The molecule has 1 rings (SSSR count). The van der Waals surface area contributed by atoms with Gasteiger partial charge in [0, 0.05) is 0 Å². The largest absolute Gasteiger partial charge is 0.0961 e. The van der Waals surface area contributed by atoms with Crippen LogP contribution in [0.2, 0.25) is 0 Å². The summed E-state index contributed by atoms with van der Waals surface area (Å²) in [6, 6.07) is 0. The molecule has 0 bridgehead atoms. The highest BCUT2D eigenvalue weighted by molar-refractivity contribution is 5.44. The molecule has 0 radical (unpaired) electrons. The van der Waals surface area contributed by atoms with E-state index in [-0.39, 0.29) is 0 Å². The lowest BCUT2D eigenvalue weighted by Crippen LogP contribution is -1.79. The third-order valence-corrected chi connectivity index (χ3v) is 2.47. The van der Waals surface area contributed by atoms with E-state index >= 15 is 0 Å². The lowest BCUT2D eigenvalue weighted by molar-refractivity contribution is 1.22. The summed E-state index contributed by atoms with van der Waals surface area (Å²) in [5.41, 5.74) is 5.03. The second-order valence-corrected chi connectivity index (χ2v) is 4.30. The van der Waals surface area contributed by atoms with E-state index < -0.39 is 0 Å². The molecule has 0 aromatic rings. The van der Waals surface area contributed by atoms with Gasteiger partial charge in [0.1, 0.15) is 0 Å². The molecule has 1 aliphatic carbocycles. The maximum atomic E-state index is 3.84. The summed E-state index contributed by atoms with van der Waals surface area (Å²) < 4.78 is 0. The first-order valence-corrected chi connectivity index (χ1v) is 5.64. The van der Waals surface area contributed by atoms with Crippen molar-refractivity contribution in [2.75, 3.05) is 0 Å². The molecule has 0 aromatic carbocycles. The van der Waals surface area contributed by atoms with Crippen LogP contribution in [0.3, 0.4) is 0 Å². The van der Waals surface area contributed by atoms with Gasteiger partial charge in [0.05, 0.1) is 0 Å². The predicted octanol–water partition coefficient (Wildman–Crippen LogP) is 4.90. The van der Waals surface area contributed by atoms with Crippen molar-refractivity contribution in [3.63, 3.8) is 0 Å². The Morgan fingerprint density at radius 2 is 2.06 bits per heavy atom. The SMILES string of the molecule is C=C(C)/C=C\C=C(/C)C1=CC=C(C)CC=C1. The molecular formula is C16H20. The minimum Gasteiger partial charge on any atom is -0.0961 e. The molecule has 0 unspecified atom stereocenters. The fourth-order valence-corrected chi connectivity index (χ4v) is 1.44. The third-order valence-electron chi connectivity index (χ3n) is 2.47. The van der Waals surface area contributed by atoms with Crippen LogP contribution in [0.1, 0.15) is 27.2 Å². The van der Waals surface area contributed by atoms with Gasteiger partial charge in [0.2, 0.25) is 0 Å². The van der Waals surface area contributed by atoms with Gasteiger partial charge in [-0.05, 0) is 38.3 Å². The zero-order valence-electron chi connectivity index (χ0n) is 10.5. The van der Waals surface area contributed by atoms with Crippen molar-refractivity contribution in [1.29, 1.82) is 0 Å². The highest BCUT2D eigenvalue weighted by Gasteiger charge is 1.97. The summed E-state index contributed by atoms with van der Waals surface area (Å²) in [6.07, 6.45) is 16.0. The Morgan fingerprint density at radius 3 is 2.75 bits per heavy atom. The first-order valence-electron chi connectivity index (χ1n) is 5.64. The van der Waals surface area contributed by atoms with E-state index in [0.717, 1.165) is 12.0 Å². The Hall–Kier alpha value is -1.56. The second-order valence-electron chi connectivity index (χ2n) is 4.30. The summed E-state index contributed by atoms with van der Waals surface area (Å²) in [6.45, 7) is 10.1. The van der Waals surface area contributed by atoms with Crippen LogP contribution in [-0.4, -0.2) is 0 Å². The number of allylic oxidation sites excluding steroid dienone is 11. The molecule has 0 heterocycles. The second kappa shape index (κ2) is 6.12. The maximum absolute atomic E-state index is 3.84. The van der Waals surface area contributed by atoms with Crippen molar-refractivity contribution < 1.29 is 0 Å². The molecule has 1 aliphatic rings. The van der Waals surface area contributed by atoms with E-state index in [1.54, 1.807) is 0 Å². The zero-order chi connectivity index (χ0) is 12.0. The van der Waals surface area contributed by atoms with Gasteiger partial charge in [-0.15, -0.1) is 0 Å². The minimum atomic E-state index is 1.05. The highest BCUT2D eigenvalue weighted by Crippen LogP contribution is 2.17. The quantitative estimate of drug-likeness (QED) is 0.584. The summed E-state index contributed by atoms with van der Waals surface area (Å²) >= 11 is 0. The van der Waals surface area contributed by atoms with Crippen molar-refractivity contribution in [3.8, 4) is 0 Å². The van der Waals surface area contributed by atoms with Crippen molar-refractivity contribution in [1.82, 2.24) is 0 Å². The Labute approximate surface area is 99.1 Å². The van der Waals surface area contributed by atoms with Crippen LogP contribution in [0.5, 0.6) is 0 Å². The average molecular weight is 212 g/mol. The van der Waals surface area contributed by atoms with Crippen molar-refractivity contribution in [2.45, 2.75) is 27.2 Å². The van der Waals surface area contributed by atoms with Crippen LogP contribution in [0.25, 0.3) is 0 Å². The summed E-state index contributed by atoms with van der Waals surface area (Å²) in [7, 11) is 0. The fourth-order valence-electron chi connectivity index (χ4n) is 1.44. The first kappa shape index (κ1) is 12.5. The molecule has 16 heavy (non-hydrogen) atoms. The molecule has 0 heteroatoms. The molecule has 0 amide bonds. The van der Waals surface area contributed by atoms with Gasteiger partial charge in [-0.3, -0.25) is 0 Å². The number of hydrogen-bond donors (Lipinski definition) is 0. The Morgan fingerprint density at radius 1 is 1.31 bits per heavy atom. The Kier molecular flexibility index (Phi) is 4.78. The van der Waals surface area contributed by atoms with Crippen LogP contribution < -0.4 is 0 Å². The third kappa shape index (κ3) is 4.31. The van der Waals surface area contributed by atoms with E-state index in [1.807, 2.05) is 19.1 Å². The molecule has 0 aliphatic heterocycles. The molecule has 0 nitrogen and oxygen atoms in total. The topological polar surface area (TPSA) is 0 Å². The Balaban J connectivity index is 2.81. The average Bonchev–Trinajstić information content (AvgIpc) is 2.42. The van der Waals surface area contributed by atoms with Gasteiger partial charge in [-0.25, -0.2) is 0 Å². The molecule has 0 saturated carbocycles. The molecular weight excluding hydrogens is 192 g/mol. The summed E-state index contributed by atoms with van der Waals surface area (Å²) in [5.74, 6) is 0. The summed E-state index contributed by atoms with van der Waals surface area (Å²) in [4.78, 5) is 0. The van der Waals surface area contributed by atoms with E-state index in [0.29, 0.717) is 0 Å². The number of hydrogen-bond acceptors (Lipinski definition) is 0. The lowest BCUT2D eigenvalue weighted by atomic mass is 10.1. The molecule has 0 N–H and O–H groups in total.